The fraction of sp³-hybridized carbons (Fsp3) is 0.655. The van der Waals surface area contributed by atoms with Crippen molar-refractivity contribution in [2.45, 2.75) is 116 Å². The van der Waals surface area contributed by atoms with Crippen molar-refractivity contribution in [1.82, 2.24) is 5.32 Å². The van der Waals surface area contributed by atoms with Crippen molar-refractivity contribution in [3.63, 3.8) is 0 Å². The molecule has 0 aliphatic carbocycles. The maximum absolute atomic E-state index is 11.9. The molecule has 4 N–H and O–H groups in total. The summed E-state index contributed by atoms with van der Waals surface area (Å²) in [6.45, 7) is 3.95. The molecular formula is C29H47NO7. The van der Waals surface area contributed by atoms with Crippen LogP contribution in [0.1, 0.15) is 103 Å². The van der Waals surface area contributed by atoms with Gasteiger partial charge in [0, 0.05) is 19.9 Å². The second-order valence-electron chi connectivity index (χ2n) is 9.48. The number of aliphatic hydroxyl groups excluding tert-OH is 1. The Morgan fingerprint density at radius 2 is 1.68 bits per heavy atom. The zero-order chi connectivity index (χ0) is 27.3. The number of nitrogens with one attached hydrogen (secondary N) is 1. The lowest BCUT2D eigenvalue weighted by Crippen LogP contribution is -2.31. The van der Waals surface area contributed by atoms with Crippen LogP contribution in [0.5, 0.6) is 11.5 Å². The number of carbonyl (C=O) groups is 2. The average molecular weight is 522 g/mol. The Labute approximate surface area is 222 Å². The summed E-state index contributed by atoms with van der Waals surface area (Å²) in [5.74, 6) is -0.805. The van der Waals surface area contributed by atoms with E-state index < -0.39 is 18.4 Å². The highest BCUT2D eigenvalue weighted by Crippen LogP contribution is 2.24. The van der Waals surface area contributed by atoms with E-state index in [9.17, 15) is 24.9 Å². The summed E-state index contributed by atoms with van der Waals surface area (Å²) in [7, 11) is 0. The molecule has 1 aromatic rings. The van der Waals surface area contributed by atoms with Gasteiger partial charge in [-0.05, 0) is 56.2 Å². The van der Waals surface area contributed by atoms with E-state index in [1.54, 1.807) is 6.07 Å². The first-order valence-corrected chi connectivity index (χ1v) is 13.8. The van der Waals surface area contributed by atoms with E-state index in [0.29, 0.717) is 6.42 Å². The molecule has 1 rings (SSSR count). The monoisotopic (exact) mass is 521 g/mol. The normalized spacial score (nSPS) is 12.8. The molecule has 210 valence electrons. The van der Waals surface area contributed by atoms with Gasteiger partial charge in [-0.25, -0.2) is 4.79 Å². The number of ether oxygens (including phenoxy) is 2. The quantitative estimate of drug-likeness (QED) is 0.0524. The molecular weight excluding hydrogens is 474 g/mol. The van der Waals surface area contributed by atoms with Gasteiger partial charge in [-0.3, -0.25) is 4.79 Å². The first-order valence-electron chi connectivity index (χ1n) is 13.8. The zero-order valence-electron chi connectivity index (χ0n) is 22.6. The Morgan fingerprint density at radius 1 is 0.946 bits per heavy atom. The number of benzene rings is 1. The predicted octanol–water partition coefficient (Wildman–Crippen LogP) is 6.26. The summed E-state index contributed by atoms with van der Waals surface area (Å²) in [5, 5.41) is 31.3. The number of phenols is 2. The summed E-state index contributed by atoms with van der Waals surface area (Å²) in [4.78, 5) is 23.8. The molecule has 0 heterocycles. The van der Waals surface area contributed by atoms with E-state index in [4.69, 9.17) is 9.47 Å². The van der Waals surface area contributed by atoms with Crippen LogP contribution in [0, 0.1) is 0 Å². The smallest absolute Gasteiger partial charge is 0.410 e. The van der Waals surface area contributed by atoms with E-state index in [-0.39, 0.29) is 30.6 Å². The number of rotatable bonds is 20. The number of unbranched alkanes of at least 4 members (excludes halogenated alkanes) is 8. The first-order chi connectivity index (χ1) is 17.8. The minimum absolute atomic E-state index is 0.198. The van der Waals surface area contributed by atoms with E-state index in [1.807, 2.05) is 0 Å². The van der Waals surface area contributed by atoms with Crippen LogP contribution in [-0.2, 0) is 20.7 Å². The van der Waals surface area contributed by atoms with E-state index in [2.05, 4.69) is 24.4 Å². The van der Waals surface area contributed by atoms with Crippen LogP contribution >= 0.6 is 0 Å². The molecule has 0 saturated carbocycles. The second kappa shape index (κ2) is 20.3. The van der Waals surface area contributed by atoms with Crippen LogP contribution in [0.15, 0.2) is 30.4 Å². The van der Waals surface area contributed by atoms with Gasteiger partial charge in [0.15, 0.2) is 11.5 Å². The molecule has 1 aromatic carbocycles. The van der Waals surface area contributed by atoms with Gasteiger partial charge >= 0.3 is 12.1 Å². The standard InChI is InChI=1S/C29H47NO7/c1-3-4-5-12-15-25(31)16-13-10-8-6-7-9-11-14-17-28(34)36-23(2)37-29(35)30-21-20-24-18-19-26(32)27(33)22-24/h10,13,18-19,22-23,25,31-33H,3-9,11-12,14-17,20-21H2,1-2H3,(H,30,35)/b13-10-/t23?,25-/m1/s1. The summed E-state index contributed by atoms with van der Waals surface area (Å²) >= 11 is 0. The highest BCUT2D eigenvalue weighted by atomic mass is 16.7. The van der Waals surface area contributed by atoms with E-state index in [1.165, 1.54) is 38.3 Å². The molecule has 0 saturated heterocycles. The van der Waals surface area contributed by atoms with Gasteiger partial charge in [-0.1, -0.05) is 70.1 Å². The lowest BCUT2D eigenvalue weighted by Gasteiger charge is -2.14. The van der Waals surface area contributed by atoms with Crippen molar-refractivity contribution >= 4 is 12.1 Å². The van der Waals surface area contributed by atoms with E-state index >= 15 is 0 Å². The van der Waals surface area contributed by atoms with Crippen molar-refractivity contribution in [3.8, 4) is 11.5 Å². The van der Waals surface area contributed by atoms with Crippen molar-refractivity contribution in [3.05, 3.63) is 35.9 Å². The van der Waals surface area contributed by atoms with Gasteiger partial charge in [0.05, 0.1) is 6.10 Å². The van der Waals surface area contributed by atoms with E-state index in [0.717, 1.165) is 63.4 Å². The molecule has 37 heavy (non-hydrogen) atoms. The van der Waals surface area contributed by atoms with Crippen molar-refractivity contribution in [2.75, 3.05) is 6.54 Å². The highest BCUT2D eigenvalue weighted by molar-refractivity contribution is 5.70. The Balaban J connectivity index is 1.99. The number of hydrogen-bond acceptors (Lipinski definition) is 7. The summed E-state index contributed by atoms with van der Waals surface area (Å²) in [6, 6.07) is 4.45. The summed E-state index contributed by atoms with van der Waals surface area (Å²) in [5.41, 5.74) is 0.745. The summed E-state index contributed by atoms with van der Waals surface area (Å²) < 4.78 is 10.2. The van der Waals surface area contributed by atoms with Gasteiger partial charge in [0.25, 0.3) is 0 Å². The molecule has 0 fully saturated rings. The van der Waals surface area contributed by atoms with Gasteiger partial charge < -0.3 is 30.1 Å². The fourth-order valence-corrected chi connectivity index (χ4v) is 3.85. The van der Waals surface area contributed by atoms with Crippen LogP contribution in [0.2, 0.25) is 0 Å². The maximum atomic E-state index is 11.9. The topological polar surface area (TPSA) is 125 Å². The third-order valence-electron chi connectivity index (χ3n) is 6.01. The van der Waals surface area contributed by atoms with Crippen LogP contribution in [0.25, 0.3) is 0 Å². The van der Waals surface area contributed by atoms with Crippen LogP contribution in [-0.4, -0.2) is 46.3 Å². The number of aromatic hydroxyl groups is 2. The molecule has 0 spiro atoms. The number of allylic oxidation sites excluding steroid dienone is 1. The molecule has 0 bridgehead atoms. The van der Waals surface area contributed by atoms with Gasteiger partial charge in [0.1, 0.15) is 0 Å². The largest absolute Gasteiger partial charge is 0.504 e. The number of carbonyl (C=O) groups excluding carboxylic acids is 2. The molecule has 0 aromatic heterocycles. The predicted molar refractivity (Wildman–Crippen MR) is 144 cm³/mol. The summed E-state index contributed by atoms with van der Waals surface area (Å²) in [6.07, 6.45) is 15.4. The first kappa shape index (κ1) is 32.3. The molecule has 8 nitrogen and oxygen atoms in total. The SMILES string of the molecule is CCCCCC[C@@H](O)C/C=C\CCCCCCCC(=O)OC(C)OC(=O)NCCc1ccc(O)c(O)c1. The van der Waals surface area contributed by atoms with Crippen LogP contribution in [0.4, 0.5) is 4.79 Å². The number of hydrogen-bond donors (Lipinski definition) is 4. The molecule has 8 heteroatoms. The average Bonchev–Trinajstić information content (AvgIpc) is 2.85. The molecule has 0 aliphatic rings. The van der Waals surface area contributed by atoms with Crippen LogP contribution in [0.3, 0.4) is 0 Å². The van der Waals surface area contributed by atoms with Gasteiger partial charge in [-0.15, -0.1) is 0 Å². The fourth-order valence-electron chi connectivity index (χ4n) is 3.85. The molecule has 1 unspecified atom stereocenters. The van der Waals surface area contributed by atoms with Crippen molar-refractivity contribution in [1.29, 1.82) is 0 Å². The molecule has 1 amide bonds. The number of phenolic OH excluding ortho intramolecular Hbond substituents is 2. The van der Waals surface area contributed by atoms with Crippen molar-refractivity contribution < 1.29 is 34.4 Å². The van der Waals surface area contributed by atoms with Gasteiger partial charge in [0.2, 0.25) is 6.29 Å². The molecule has 0 aliphatic heterocycles. The Bertz CT molecular complexity index is 796. The van der Waals surface area contributed by atoms with Crippen LogP contribution < -0.4 is 5.32 Å². The molecule has 2 atom stereocenters. The highest BCUT2D eigenvalue weighted by Gasteiger charge is 2.13. The second-order valence-corrected chi connectivity index (χ2v) is 9.48. The maximum Gasteiger partial charge on any atom is 0.410 e. The minimum Gasteiger partial charge on any atom is -0.504 e. The van der Waals surface area contributed by atoms with Crippen molar-refractivity contribution in [2.24, 2.45) is 0 Å². The van der Waals surface area contributed by atoms with Gasteiger partial charge in [-0.2, -0.15) is 0 Å². The third-order valence-corrected chi connectivity index (χ3v) is 6.01. The Morgan fingerprint density at radius 3 is 2.43 bits per heavy atom. The lowest BCUT2D eigenvalue weighted by atomic mass is 10.1. The zero-order valence-corrected chi connectivity index (χ0v) is 22.6. The Hall–Kier alpha value is -2.74. The molecule has 0 radical (unpaired) electrons. The number of alkyl carbamates (subject to hydrolysis) is 1. The number of aliphatic hydroxyl groups is 1. The third kappa shape index (κ3) is 17.4. The number of esters is 1. The Kier molecular flexibility index (Phi) is 17.7. The lowest BCUT2D eigenvalue weighted by molar-refractivity contribution is -0.164. The minimum atomic E-state index is -0.980. The number of amides is 1.